The number of hydrogen-bond acceptors (Lipinski definition) is 5. The van der Waals surface area contributed by atoms with Crippen LogP contribution in [0.2, 0.25) is 0 Å². The third-order valence-electron chi connectivity index (χ3n) is 6.01. The van der Waals surface area contributed by atoms with Crippen LogP contribution in [0.15, 0.2) is 18.2 Å². The van der Waals surface area contributed by atoms with Crippen LogP contribution in [-0.4, -0.2) is 53.1 Å². The summed E-state index contributed by atoms with van der Waals surface area (Å²) in [6, 6.07) is 5.21. The molecule has 146 valence electrons. The summed E-state index contributed by atoms with van der Waals surface area (Å²) in [6.45, 7) is 1.08. The van der Waals surface area contributed by atoms with E-state index in [1.54, 1.807) is 23.1 Å². The van der Waals surface area contributed by atoms with E-state index >= 15 is 0 Å². The van der Waals surface area contributed by atoms with Gasteiger partial charge in [0.2, 0.25) is 0 Å². The highest BCUT2D eigenvalue weighted by Crippen LogP contribution is 2.42. The van der Waals surface area contributed by atoms with Gasteiger partial charge in [-0.05, 0) is 50.7 Å². The SMILES string of the molecule is O=C1CC2(CCCCC2)Oc2cc(OCC(=O)N3CCC(O)CC3)ccc21. The van der Waals surface area contributed by atoms with Crippen molar-refractivity contribution in [3.63, 3.8) is 0 Å². The summed E-state index contributed by atoms with van der Waals surface area (Å²) in [5, 5.41) is 9.54. The fraction of sp³-hybridized carbons (Fsp3) is 0.619. The first-order valence-corrected chi connectivity index (χ1v) is 10.00. The van der Waals surface area contributed by atoms with Crippen LogP contribution >= 0.6 is 0 Å². The van der Waals surface area contributed by atoms with Gasteiger partial charge < -0.3 is 19.5 Å². The van der Waals surface area contributed by atoms with Crippen molar-refractivity contribution in [2.24, 2.45) is 0 Å². The minimum absolute atomic E-state index is 0.0476. The monoisotopic (exact) mass is 373 g/mol. The Balaban J connectivity index is 1.41. The second-order valence-electron chi connectivity index (χ2n) is 8.00. The normalized spacial score (nSPS) is 22.3. The number of aliphatic hydroxyl groups excluding tert-OH is 1. The maximum absolute atomic E-state index is 12.6. The van der Waals surface area contributed by atoms with Gasteiger partial charge in [-0.3, -0.25) is 9.59 Å². The van der Waals surface area contributed by atoms with Gasteiger partial charge in [0.05, 0.1) is 18.1 Å². The van der Waals surface area contributed by atoms with Crippen molar-refractivity contribution >= 4 is 11.7 Å². The van der Waals surface area contributed by atoms with E-state index in [1.807, 2.05) is 0 Å². The quantitative estimate of drug-likeness (QED) is 0.882. The Labute approximate surface area is 159 Å². The predicted octanol–water partition coefficient (Wildman–Crippen LogP) is 2.72. The number of ether oxygens (including phenoxy) is 2. The molecule has 0 atom stereocenters. The van der Waals surface area contributed by atoms with E-state index in [1.165, 1.54) is 6.42 Å². The van der Waals surface area contributed by atoms with Crippen LogP contribution in [0.1, 0.15) is 61.7 Å². The molecule has 1 aromatic carbocycles. The van der Waals surface area contributed by atoms with Gasteiger partial charge in [0.1, 0.15) is 17.1 Å². The molecule has 6 nitrogen and oxygen atoms in total. The molecule has 6 heteroatoms. The molecule has 0 bridgehead atoms. The highest BCUT2D eigenvalue weighted by Gasteiger charge is 2.41. The fourth-order valence-corrected chi connectivity index (χ4v) is 4.39. The number of fused-ring (bicyclic) bond motifs is 1. The molecule has 1 spiro atoms. The molecule has 1 amide bonds. The molecule has 2 fully saturated rings. The highest BCUT2D eigenvalue weighted by molar-refractivity contribution is 6.00. The number of Topliss-reactive ketones (excluding diaryl/α,β-unsaturated/α-hetero) is 1. The Morgan fingerprint density at radius 3 is 2.70 bits per heavy atom. The summed E-state index contributed by atoms with van der Waals surface area (Å²) in [5.41, 5.74) is 0.251. The van der Waals surface area contributed by atoms with Crippen molar-refractivity contribution in [2.75, 3.05) is 19.7 Å². The minimum atomic E-state index is -0.356. The van der Waals surface area contributed by atoms with Crippen molar-refractivity contribution in [2.45, 2.75) is 63.1 Å². The van der Waals surface area contributed by atoms with Gasteiger partial charge >= 0.3 is 0 Å². The Morgan fingerprint density at radius 1 is 1.22 bits per heavy atom. The maximum atomic E-state index is 12.6. The third kappa shape index (κ3) is 3.95. The molecule has 1 aromatic rings. The first-order valence-electron chi connectivity index (χ1n) is 10.00. The van der Waals surface area contributed by atoms with Crippen LogP contribution in [0.25, 0.3) is 0 Å². The lowest BCUT2D eigenvalue weighted by Crippen LogP contribution is -2.43. The summed E-state index contributed by atoms with van der Waals surface area (Å²) in [6.07, 6.45) is 6.61. The molecule has 3 aliphatic rings. The zero-order chi connectivity index (χ0) is 18.9. The van der Waals surface area contributed by atoms with E-state index in [0.717, 1.165) is 25.7 Å². The number of benzene rings is 1. The highest BCUT2D eigenvalue weighted by atomic mass is 16.5. The molecule has 0 unspecified atom stereocenters. The Hall–Kier alpha value is -2.08. The first-order chi connectivity index (χ1) is 13.0. The van der Waals surface area contributed by atoms with E-state index in [4.69, 9.17) is 9.47 Å². The summed E-state index contributed by atoms with van der Waals surface area (Å²) in [4.78, 5) is 26.6. The fourth-order valence-electron chi connectivity index (χ4n) is 4.39. The smallest absolute Gasteiger partial charge is 0.260 e. The number of piperidine rings is 1. The van der Waals surface area contributed by atoms with Gasteiger partial charge in [-0.1, -0.05) is 6.42 Å². The number of carbonyl (C=O) groups is 2. The van der Waals surface area contributed by atoms with Crippen LogP contribution in [0.4, 0.5) is 0 Å². The average molecular weight is 373 g/mol. The number of aliphatic hydroxyl groups is 1. The molecule has 2 heterocycles. The van der Waals surface area contributed by atoms with Crippen molar-refractivity contribution in [3.05, 3.63) is 23.8 Å². The van der Waals surface area contributed by atoms with Gasteiger partial charge in [0.25, 0.3) is 5.91 Å². The largest absolute Gasteiger partial charge is 0.486 e. The standard InChI is InChI=1S/C21H27NO5/c23-15-6-10-22(11-7-15)20(25)14-26-16-4-5-17-18(24)13-21(27-19(17)12-16)8-2-1-3-9-21/h4-5,12,15,23H,1-3,6-11,13-14H2. The van der Waals surface area contributed by atoms with Gasteiger partial charge in [-0.15, -0.1) is 0 Å². The molecular formula is C21H27NO5. The lowest BCUT2D eigenvalue weighted by atomic mass is 9.78. The second kappa shape index (κ2) is 7.50. The molecule has 1 saturated heterocycles. The van der Waals surface area contributed by atoms with Crippen LogP contribution in [0, 0.1) is 0 Å². The van der Waals surface area contributed by atoms with Crippen LogP contribution in [0.5, 0.6) is 11.5 Å². The van der Waals surface area contributed by atoms with Crippen LogP contribution < -0.4 is 9.47 Å². The van der Waals surface area contributed by atoms with Gasteiger partial charge in [0.15, 0.2) is 12.4 Å². The van der Waals surface area contributed by atoms with Crippen LogP contribution in [-0.2, 0) is 4.79 Å². The topological polar surface area (TPSA) is 76.1 Å². The van der Waals surface area contributed by atoms with E-state index in [0.29, 0.717) is 49.4 Å². The lowest BCUT2D eigenvalue weighted by molar-refractivity contribution is -0.135. The third-order valence-corrected chi connectivity index (χ3v) is 6.01. The molecule has 0 aromatic heterocycles. The predicted molar refractivity (Wildman–Crippen MR) is 99.1 cm³/mol. The zero-order valence-electron chi connectivity index (χ0n) is 15.6. The number of likely N-dealkylation sites (tertiary alicyclic amines) is 1. The number of ketones is 1. The van der Waals surface area contributed by atoms with Crippen molar-refractivity contribution < 1.29 is 24.2 Å². The van der Waals surface area contributed by atoms with Gasteiger partial charge in [-0.2, -0.15) is 0 Å². The Bertz CT molecular complexity index is 717. The summed E-state index contributed by atoms with van der Waals surface area (Å²) in [5.74, 6) is 1.17. The summed E-state index contributed by atoms with van der Waals surface area (Å²) in [7, 11) is 0. The van der Waals surface area contributed by atoms with Crippen molar-refractivity contribution in [3.8, 4) is 11.5 Å². The number of amides is 1. The average Bonchev–Trinajstić information content (AvgIpc) is 2.67. The Morgan fingerprint density at radius 2 is 1.96 bits per heavy atom. The molecule has 1 aliphatic carbocycles. The molecule has 0 radical (unpaired) electrons. The van der Waals surface area contributed by atoms with Gasteiger partial charge in [-0.25, -0.2) is 0 Å². The number of hydrogen-bond donors (Lipinski definition) is 1. The number of carbonyl (C=O) groups excluding carboxylic acids is 2. The number of nitrogens with zero attached hydrogens (tertiary/aromatic N) is 1. The Kier molecular flexibility index (Phi) is 5.08. The summed E-state index contributed by atoms with van der Waals surface area (Å²) < 4.78 is 12.0. The van der Waals surface area contributed by atoms with E-state index < -0.39 is 0 Å². The minimum Gasteiger partial charge on any atom is -0.486 e. The van der Waals surface area contributed by atoms with Crippen molar-refractivity contribution in [1.82, 2.24) is 4.90 Å². The first kappa shape index (κ1) is 18.3. The molecule has 1 N–H and O–H groups in total. The maximum Gasteiger partial charge on any atom is 0.260 e. The van der Waals surface area contributed by atoms with E-state index in [2.05, 4.69) is 0 Å². The zero-order valence-corrected chi connectivity index (χ0v) is 15.6. The number of rotatable bonds is 3. The molecular weight excluding hydrogens is 346 g/mol. The van der Waals surface area contributed by atoms with Gasteiger partial charge in [0, 0.05) is 19.2 Å². The molecule has 1 saturated carbocycles. The van der Waals surface area contributed by atoms with Crippen molar-refractivity contribution in [1.29, 1.82) is 0 Å². The molecule has 4 rings (SSSR count). The van der Waals surface area contributed by atoms with Crippen LogP contribution in [0.3, 0.4) is 0 Å². The summed E-state index contributed by atoms with van der Waals surface area (Å²) >= 11 is 0. The second-order valence-corrected chi connectivity index (χ2v) is 8.00. The molecule has 27 heavy (non-hydrogen) atoms. The van der Waals surface area contributed by atoms with E-state index in [9.17, 15) is 14.7 Å². The van der Waals surface area contributed by atoms with E-state index in [-0.39, 0.29) is 30.0 Å². The molecule has 2 aliphatic heterocycles. The lowest BCUT2D eigenvalue weighted by Gasteiger charge is -2.40.